The molecule has 0 saturated carbocycles. The summed E-state index contributed by atoms with van der Waals surface area (Å²) in [4.78, 5) is 11.8. The van der Waals surface area contributed by atoms with Gasteiger partial charge in [-0.3, -0.25) is 0 Å². The summed E-state index contributed by atoms with van der Waals surface area (Å²) >= 11 is 1.23. The molecule has 0 aliphatic heterocycles. The minimum atomic E-state index is -0.407. The van der Waals surface area contributed by atoms with Crippen molar-refractivity contribution in [1.82, 2.24) is 9.59 Å². The summed E-state index contributed by atoms with van der Waals surface area (Å²) < 4.78 is 8.16. The van der Waals surface area contributed by atoms with Crippen LogP contribution in [-0.4, -0.2) is 22.7 Å². The van der Waals surface area contributed by atoms with Crippen LogP contribution in [0.2, 0.25) is 0 Å². The maximum Gasteiger partial charge on any atom is 0.359 e. The van der Waals surface area contributed by atoms with Crippen molar-refractivity contribution in [3.05, 3.63) is 10.6 Å². The molecule has 1 aromatic rings. The highest BCUT2D eigenvalue weighted by Crippen LogP contribution is 2.11. The summed E-state index contributed by atoms with van der Waals surface area (Å²) in [5.41, 5.74) is 0.347. The van der Waals surface area contributed by atoms with Crippen LogP contribution in [0.25, 0.3) is 0 Å². The Hall–Kier alpha value is -0.970. The van der Waals surface area contributed by atoms with E-state index in [0.29, 0.717) is 5.69 Å². The van der Waals surface area contributed by atoms with Gasteiger partial charge in [0, 0.05) is 0 Å². The number of esters is 1. The molecule has 0 bridgehead atoms. The molecule has 0 aliphatic carbocycles. The Kier molecular flexibility index (Phi) is 2.53. The van der Waals surface area contributed by atoms with Crippen LogP contribution < -0.4 is 0 Å². The van der Waals surface area contributed by atoms with Crippen molar-refractivity contribution in [2.75, 3.05) is 7.11 Å². The zero-order chi connectivity index (χ0) is 8.27. The summed E-state index contributed by atoms with van der Waals surface area (Å²) in [6, 6.07) is 0. The molecule has 0 aromatic carbocycles. The van der Waals surface area contributed by atoms with E-state index in [0.717, 1.165) is 11.3 Å². The molecule has 0 fully saturated rings. The van der Waals surface area contributed by atoms with Gasteiger partial charge in [0.1, 0.15) is 0 Å². The molecule has 1 aromatic heterocycles. The van der Waals surface area contributed by atoms with Crippen molar-refractivity contribution in [2.45, 2.75) is 13.3 Å². The third kappa shape index (κ3) is 1.54. The van der Waals surface area contributed by atoms with Crippen LogP contribution in [0.1, 0.15) is 22.3 Å². The van der Waals surface area contributed by atoms with E-state index in [2.05, 4.69) is 14.3 Å². The molecule has 1 rings (SSSR count). The van der Waals surface area contributed by atoms with Crippen LogP contribution in [0.4, 0.5) is 0 Å². The Balaban J connectivity index is 2.92. The zero-order valence-corrected chi connectivity index (χ0v) is 7.14. The molecular formula is C6H8N2O2S. The first kappa shape index (κ1) is 8.13. The van der Waals surface area contributed by atoms with Gasteiger partial charge in [-0.1, -0.05) is 11.4 Å². The first-order chi connectivity index (χ1) is 5.29. The molecular weight excluding hydrogens is 164 g/mol. The minimum Gasteiger partial charge on any atom is -0.464 e. The molecule has 0 amide bonds. The van der Waals surface area contributed by atoms with Crippen LogP contribution in [0.5, 0.6) is 0 Å². The van der Waals surface area contributed by atoms with Gasteiger partial charge in [-0.2, -0.15) is 0 Å². The Morgan fingerprint density at radius 1 is 1.73 bits per heavy atom. The van der Waals surface area contributed by atoms with Gasteiger partial charge in [0.25, 0.3) is 0 Å². The second-order valence-corrected chi connectivity index (χ2v) is 2.73. The lowest BCUT2D eigenvalue weighted by Gasteiger charge is -1.93. The lowest BCUT2D eigenvalue weighted by atomic mass is 10.3. The van der Waals surface area contributed by atoms with Gasteiger partial charge < -0.3 is 4.74 Å². The predicted octanol–water partition coefficient (Wildman–Crippen LogP) is 0.887. The van der Waals surface area contributed by atoms with Gasteiger partial charge in [0.05, 0.1) is 12.0 Å². The third-order valence-corrected chi connectivity index (χ3v) is 2.12. The summed E-state index contributed by atoms with van der Waals surface area (Å²) in [5.74, 6) is -0.407. The summed E-state index contributed by atoms with van der Waals surface area (Å²) in [6.45, 7) is 1.95. The standard InChI is InChI=1S/C6H8N2O2S/c1-3-4-5(6(9)10-2)7-8-11-4/h3H2,1-2H3. The topological polar surface area (TPSA) is 52.1 Å². The van der Waals surface area contributed by atoms with E-state index < -0.39 is 5.97 Å². The normalized spacial score (nSPS) is 9.64. The summed E-state index contributed by atoms with van der Waals surface area (Å²) in [5, 5.41) is 3.65. The fraction of sp³-hybridized carbons (Fsp3) is 0.500. The average molecular weight is 172 g/mol. The number of aryl methyl sites for hydroxylation is 1. The molecule has 1 heterocycles. The predicted molar refractivity (Wildman–Crippen MR) is 40.6 cm³/mol. The Morgan fingerprint density at radius 3 is 3.00 bits per heavy atom. The van der Waals surface area contributed by atoms with Crippen LogP contribution in [0, 0.1) is 0 Å². The van der Waals surface area contributed by atoms with Crippen molar-refractivity contribution in [1.29, 1.82) is 0 Å². The fourth-order valence-corrected chi connectivity index (χ4v) is 1.25. The lowest BCUT2D eigenvalue weighted by Crippen LogP contribution is -2.04. The van der Waals surface area contributed by atoms with E-state index in [1.165, 1.54) is 18.6 Å². The molecule has 0 radical (unpaired) electrons. The van der Waals surface area contributed by atoms with E-state index in [4.69, 9.17) is 0 Å². The Bertz CT molecular complexity index is 259. The number of nitrogens with zero attached hydrogens (tertiary/aromatic N) is 2. The molecule has 0 spiro atoms. The first-order valence-corrected chi connectivity index (χ1v) is 3.96. The highest BCUT2D eigenvalue weighted by Gasteiger charge is 2.14. The van der Waals surface area contributed by atoms with Gasteiger partial charge in [-0.05, 0) is 18.0 Å². The molecule has 60 valence electrons. The second-order valence-electron chi connectivity index (χ2n) is 1.89. The number of hydrogen-bond acceptors (Lipinski definition) is 5. The number of ether oxygens (including phenoxy) is 1. The quantitative estimate of drug-likeness (QED) is 0.621. The maximum atomic E-state index is 10.9. The average Bonchev–Trinajstić information content (AvgIpc) is 2.50. The third-order valence-electron chi connectivity index (χ3n) is 1.26. The monoisotopic (exact) mass is 172 g/mol. The van der Waals surface area contributed by atoms with Gasteiger partial charge >= 0.3 is 5.97 Å². The highest BCUT2D eigenvalue weighted by molar-refractivity contribution is 7.05. The number of methoxy groups -OCH3 is 1. The number of aromatic nitrogens is 2. The molecule has 4 nitrogen and oxygen atoms in total. The number of hydrogen-bond donors (Lipinski definition) is 0. The van der Waals surface area contributed by atoms with Gasteiger partial charge in [0.15, 0.2) is 5.69 Å². The van der Waals surface area contributed by atoms with Gasteiger partial charge in [-0.15, -0.1) is 5.10 Å². The van der Waals surface area contributed by atoms with Crippen LogP contribution in [0.3, 0.4) is 0 Å². The van der Waals surface area contributed by atoms with Crippen LogP contribution >= 0.6 is 11.5 Å². The van der Waals surface area contributed by atoms with Gasteiger partial charge in [-0.25, -0.2) is 4.79 Å². The van der Waals surface area contributed by atoms with Gasteiger partial charge in [0.2, 0.25) is 0 Å². The Morgan fingerprint density at radius 2 is 2.45 bits per heavy atom. The first-order valence-electron chi connectivity index (χ1n) is 3.19. The van der Waals surface area contributed by atoms with Crippen LogP contribution in [-0.2, 0) is 11.2 Å². The minimum absolute atomic E-state index is 0.347. The van der Waals surface area contributed by atoms with E-state index in [-0.39, 0.29) is 0 Å². The number of carbonyl (C=O) groups excluding carboxylic acids is 1. The maximum absolute atomic E-state index is 10.9. The van der Waals surface area contributed by atoms with Crippen molar-refractivity contribution in [3.63, 3.8) is 0 Å². The van der Waals surface area contributed by atoms with Crippen molar-refractivity contribution in [3.8, 4) is 0 Å². The highest BCUT2D eigenvalue weighted by atomic mass is 32.1. The molecule has 0 saturated heterocycles. The second kappa shape index (κ2) is 3.43. The summed E-state index contributed by atoms with van der Waals surface area (Å²) in [6.07, 6.45) is 0.766. The van der Waals surface area contributed by atoms with E-state index in [1.807, 2.05) is 6.92 Å². The van der Waals surface area contributed by atoms with Crippen molar-refractivity contribution >= 4 is 17.5 Å². The summed E-state index contributed by atoms with van der Waals surface area (Å²) in [7, 11) is 1.33. The SMILES string of the molecule is CCc1snnc1C(=O)OC. The smallest absolute Gasteiger partial charge is 0.359 e. The molecule has 11 heavy (non-hydrogen) atoms. The molecule has 0 N–H and O–H groups in total. The molecule has 0 unspecified atom stereocenters. The van der Waals surface area contributed by atoms with Crippen LogP contribution in [0.15, 0.2) is 0 Å². The zero-order valence-electron chi connectivity index (χ0n) is 6.33. The lowest BCUT2D eigenvalue weighted by molar-refractivity contribution is 0.0593. The van der Waals surface area contributed by atoms with Crippen molar-refractivity contribution < 1.29 is 9.53 Å². The van der Waals surface area contributed by atoms with Crippen molar-refractivity contribution in [2.24, 2.45) is 0 Å². The number of rotatable bonds is 2. The van der Waals surface area contributed by atoms with E-state index >= 15 is 0 Å². The Labute approximate surface area is 68.4 Å². The largest absolute Gasteiger partial charge is 0.464 e. The van der Waals surface area contributed by atoms with E-state index in [1.54, 1.807) is 0 Å². The molecule has 0 aliphatic rings. The number of carbonyl (C=O) groups is 1. The molecule has 0 atom stereocenters. The van der Waals surface area contributed by atoms with E-state index in [9.17, 15) is 4.79 Å². The fourth-order valence-electron chi connectivity index (χ4n) is 0.693. The molecule has 5 heteroatoms.